The molecule has 0 fully saturated rings. The molecule has 2 aromatic rings. The molecule has 0 saturated heterocycles. The summed E-state index contributed by atoms with van der Waals surface area (Å²) in [7, 11) is 1.87. The fourth-order valence-corrected chi connectivity index (χ4v) is 1.49. The zero-order chi connectivity index (χ0) is 12.8. The Hall–Kier alpha value is -2.25. The summed E-state index contributed by atoms with van der Waals surface area (Å²) in [4.78, 5) is 0. The first-order chi connectivity index (χ1) is 8.78. The van der Waals surface area contributed by atoms with E-state index in [0.717, 1.165) is 16.9 Å². The predicted molar refractivity (Wildman–Crippen MR) is 67.9 cm³/mol. The molecule has 0 unspecified atom stereocenters. The molecule has 4 heteroatoms. The van der Waals surface area contributed by atoms with Gasteiger partial charge in [0, 0.05) is 24.4 Å². The van der Waals surface area contributed by atoms with Crippen molar-refractivity contribution in [2.45, 2.75) is 6.61 Å². The first-order valence-electron chi connectivity index (χ1n) is 5.58. The molecule has 1 N–H and O–H groups in total. The summed E-state index contributed by atoms with van der Waals surface area (Å²) in [5.74, 6) is 6.21. The number of hydrogen-bond acceptors (Lipinski definition) is 3. The number of aliphatic hydroxyl groups is 1. The summed E-state index contributed by atoms with van der Waals surface area (Å²) >= 11 is 0. The molecular weight excluding hydrogens is 228 g/mol. The fourth-order valence-electron chi connectivity index (χ4n) is 1.49. The van der Waals surface area contributed by atoms with Crippen molar-refractivity contribution in [2.75, 3.05) is 6.61 Å². The third kappa shape index (κ3) is 3.37. The highest BCUT2D eigenvalue weighted by Crippen LogP contribution is 2.13. The molecular formula is C14H14N2O2. The van der Waals surface area contributed by atoms with Crippen LogP contribution in [0.4, 0.5) is 0 Å². The summed E-state index contributed by atoms with van der Waals surface area (Å²) in [5, 5.41) is 12.7. The van der Waals surface area contributed by atoms with Crippen LogP contribution in [0.1, 0.15) is 11.1 Å². The molecule has 0 bridgehead atoms. The van der Waals surface area contributed by atoms with E-state index in [2.05, 4.69) is 16.9 Å². The number of rotatable bonds is 3. The molecule has 0 aliphatic heterocycles. The van der Waals surface area contributed by atoms with Crippen molar-refractivity contribution < 1.29 is 9.84 Å². The van der Waals surface area contributed by atoms with E-state index in [1.807, 2.05) is 37.5 Å². The quantitative estimate of drug-likeness (QED) is 0.826. The maximum atomic E-state index is 8.59. The van der Waals surface area contributed by atoms with Crippen LogP contribution in [0.25, 0.3) is 0 Å². The van der Waals surface area contributed by atoms with Gasteiger partial charge in [-0.2, -0.15) is 5.10 Å². The second-order valence-corrected chi connectivity index (χ2v) is 3.80. The van der Waals surface area contributed by atoms with Gasteiger partial charge in [0.2, 0.25) is 0 Å². The van der Waals surface area contributed by atoms with Crippen LogP contribution in [0.2, 0.25) is 0 Å². The molecule has 1 aromatic carbocycles. The maximum absolute atomic E-state index is 8.59. The van der Waals surface area contributed by atoms with Crippen LogP contribution in [0.3, 0.4) is 0 Å². The molecule has 18 heavy (non-hydrogen) atoms. The van der Waals surface area contributed by atoms with Gasteiger partial charge < -0.3 is 9.84 Å². The summed E-state index contributed by atoms with van der Waals surface area (Å²) in [5.41, 5.74) is 1.89. The summed E-state index contributed by atoms with van der Waals surface area (Å²) < 4.78 is 7.36. The van der Waals surface area contributed by atoms with Crippen LogP contribution >= 0.6 is 0 Å². The van der Waals surface area contributed by atoms with Crippen molar-refractivity contribution in [3.63, 3.8) is 0 Å². The van der Waals surface area contributed by atoms with Crippen LogP contribution < -0.4 is 4.74 Å². The molecule has 0 saturated carbocycles. The Bertz CT molecular complexity index is 561. The Kier molecular flexibility index (Phi) is 4.00. The zero-order valence-electron chi connectivity index (χ0n) is 10.1. The van der Waals surface area contributed by atoms with Crippen LogP contribution in [0.5, 0.6) is 5.75 Å². The average Bonchev–Trinajstić information content (AvgIpc) is 2.81. The minimum atomic E-state index is -0.126. The number of aromatic nitrogens is 2. The molecule has 92 valence electrons. The third-order valence-corrected chi connectivity index (χ3v) is 2.33. The van der Waals surface area contributed by atoms with E-state index in [4.69, 9.17) is 9.84 Å². The minimum absolute atomic E-state index is 0.126. The third-order valence-electron chi connectivity index (χ3n) is 2.33. The Labute approximate surface area is 106 Å². The first-order valence-corrected chi connectivity index (χ1v) is 5.58. The minimum Gasteiger partial charge on any atom is -0.489 e. The summed E-state index contributed by atoms with van der Waals surface area (Å²) in [6, 6.07) is 7.44. The zero-order valence-corrected chi connectivity index (χ0v) is 10.1. The Morgan fingerprint density at radius 1 is 1.33 bits per heavy atom. The lowest BCUT2D eigenvalue weighted by Gasteiger charge is -2.04. The highest BCUT2D eigenvalue weighted by molar-refractivity contribution is 5.38. The van der Waals surface area contributed by atoms with Gasteiger partial charge in [0.25, 0.3) is 0 Å². The molecule has 0 aliphatic rings. The number of hydrogen-bond donors (Lipinski definition) is 1. The number of benzene rings is 1. The summed E-state index contributed by atoms with van der Waals surface area (Å²) in [6.07, 6.45) is 3.70. The largest absolute Gasteiger partial charge is 0.489 e. The molecule has 0 amide bonds. The van der Waals surface area contributed by atoms with Crippen LogP contribution in [-0.4, -0.2) is 21.5 Å². The standard InChI is InChI=1S/C14H14N2O2/c1-16-10-13(9-15-16)11-18-14-6-4-12(5-7-14)3-2-8-17/h4-7,9-10,17H,8,11H2,1H3. The van der Waals surface area contributed by atoms with E-state index in [1.165, 1.54) is 0 Å². The highest BCUT2D eigenvalue weighted by atomic mass is 16.5. The summed E-state index contributed by atoms with van der Waals surface area (Å²) in [6.45, 7) is 0.370. The van der Waals surface area contributed by atoms with Crippen LogP contribution in [0, 0.1) is 11.8 Å². The van der Waals surface area contributed by atoms with E-state index >= 15 is 0 Å². The van der Waals surface area contributed by atoms with Crippen molar-refractivity contribution in [1.82, 2.24) is 9.78 Å². The van der Waals surface area contributed by atoms with Crippen LogP contribution in [-0.2, 0) is 13.7 Å². The van der Waals surface area contributed by atoms with E-state index in [-0.39, 0.29) is 6.61 Å². The van der Waals surface area contributed by atoms with Gasteiger partial charge in [-0.1, -0.05) is 11.8 Å². The fraction of sp³-hybridized carbons (Fsp3) is 0.214. The van der Waals surface area contributed by atoms with Crippen molar-refractivity contribution in [3.05, 3.63) is 47.8 Å². The lowest BCUT2D eigenvalue weighted by atomic mass is 10.2. The molecule has 1 aromatic heterocycles. The second kappa shape index (κ2) is 5.89. The molecule has 4 nitrogen and oxygen atoms in total. The molecule has 2 rings (SSSR count). The van der Waals surface area contributed by atoms with Gasteiger partial charge in [-0.3, -0.25) is 4.68 Å². The molecule has 0 aliphatic carbocycles. The average molecular weight is 242 g/mol. The number of aliphatic hydroxyl groups excluding tert-OH is 1. The Morgan fingerprint density at radius 2 is 2.11 bits per heavy atom. The monoisotopic (exact) mass is 242 g/mol. The lowest BCUT2D eigenvalue weighted by molar-refractivity contribution is 0.306. The second-order valence-electron chi connectivity index (χ2n) is 3.80. The smallest absolute Gasteiger partial charge is 0.119 e. The van der Waals surface area contributed by atoms with Gasteiger partial charge in [0.1, 0.15) is 19.0 Å². The van der Waals surface area contributed by atoms with Crippen molar-refractivity contribution in [3.8, 4) is 17.6 Å². The Morgan fingerprint density at radius 3 is 2.72 bits per heavy atom. The highest BCUT2D eigenvalue weighted by Gasteiger charge is 1.98. The van der Waals surface area contributed by atoms with Gasteiger partial charge in [-0.05, 0) is 24.3 Å². The number of nitrogens with zero attached hydrogens (tertiary/aromatic N) is 2. The lowest BCUT2D eigenvalue weighted by Crippen LogP contribution is -1.94. The topological polar surface area (TPSA) is 47.3 Å². The SMILES string of the molecule is Cn1cc(COc2ccc(C#CCO)cc2)cn1. The van der Waals surface area contributed by atoms with Crippen LogP contribution in [0.15, 0.2) is 36.7 Å². The van der Waals surface area contributed by atoms with Crippen molar-refractivity contribution >= 4 is 0 Å². The van der Waals surface area contributed by atoms with E-state index in [1.54, 1.807) is 10.9 Å². The van der Waals surface area contributed by atoms with E-state index in [0.29, 0.717) is 6.61 Å². The molecule has 1 heterocycles. The number of aryl methyl sites for hydroxylation is 1. The first kappa shape index (κ1) is 12.2. The molecule has 0 spiro atoms. The molecule has 0 radical (unpaired) electrons. The van der Waals surface area contributed by atoms with Gasteiger partial charge in [-0.25, -0.2) is 0 Å². The molecule has 0 atom stereocenters. The Balaban J connectivity index is 1.94. The van der Waals surface area contributed by atoms with E-state index < -0.39 is 0 Å². The van der Waals surface area contributed by atoms with Gasteiger partial charge >= 0.3 is 0 Å². The van der Waals surface area contributed by atoms with Gasteiger partial charge in [0.05, 0.1) is 6.20 Å². The number of ether oxygens (including phenoxy) is 1. The van der Waals surface area contributed by atoms with E-state index in [9.17, 15) is 0 Å². The van der Waals surface area contributed by atoms with Gasteiger partial charge in [0.15, 0.2) is 0 Å². The maximum Gasteiger partial charge on any atom is 0.119 e. The predicted octanol–water partition coefficient (Wildman–Crippen LogP) is 1.34. The van der Waals surface area contributed by atoms with Crippen molar-refractivity contribution in [1.29, 1.82) is 0 Å². The normalized spacial score (nSPS) is 9.67. The van der Waals surface area contributed by atoms with Crippen molar-refractivity contribution in [2.24, 2.45) is 7.05 Å². The van der Waals surface area contributed by atoms with Gasteiger partial charge in [-0.15, -0.1) is 0 Å².